The number of likely N-dealkylation sites (tertiary alicyclic amines) is 1. The Morgan fingerprint density at radius 1 is 1.30 bits per heavy atom. The van der Waals surface area contributed by atoms with Crippen LogP contribution in [-0.2, 0) is 9.53 Å². The van der Waals surface area contributed by atoms with Crippen LogP contribution < -0.4 is 4.90 Å². The molecule has 0 N–H and O–H groups in total. The third kappa shape index (κ3) is 4.68. The van der Waals surface area contributed by atoms with Gasteiger partial charge in [-0.15, -0.1) is 0 Å². The van der Waals surface area contributed by atoms with Crippen molar-refractivity contribution in [2.24, 2.45) is 5.92 Å². The van der Waals surface area contributed by atoms with E-state index in [1.807, 2.05) is 32.9 Å². The number of ether oxygens (including phenoxy) is 1. The predicted octanol–water partition coefficient (Wildman–Crippen LogP) is 2.69. The van der Waals surface area contributed by atoms with Crippen LogP contribution in [-0.4, -0.2) is 47.6 Å². The number of carbonyl (C=O) groups is 2. The lowest BCUT2D eigenvalue weighted by molar-refractivity contribution is -0.123. The van der Waals surface area contributed by atoms with Gasteiger partial charge in [0, 0.05) is 32.3 Å². The number of nitrogens with zero attached hydrogens (tertiary/aromatic N) is 3. The molecular weight excluding hydrogens is 294 g/mol. The van der Waals surface area contributed by atoms with Crippen LogP contribution in [0.15, 0.2) is 24.5 Å². The van der Waals surface area contributed by atoms with Gasteiger partial charge in [0.1, 0.15) is 5.60 Å². The van der Waals surface area contributed by atoms with Gasteiger partial charge in [0.05, 0.1) is 11.9 Å². The summed E-state index contributed by atoms with van der Waals surface area (Å²) in [7, 11) is 1.76. The zero-order valence-corrected chi connectivity index (χ0v) is 14.3. The summed E-state index contributed by atoms with van der Waals surface area (Å²) in [6.07, 6.45) is 4.37. The molecule has 0 aromatic carbocycles. The molecular formula is C17H25N3O3. The van der Waals surface area contributed by atoms with E-state index in [1.54, 1.807) is 29.2 Å². The van der Waals surface area contributed by atoms with Crippen LogP contribution in [0.1, 0.15) is 33.6 Å². The molecule has 1 fully saturated rings. The van der Waals surface area contributed by atoms with Crippen molar-refractivity contribution in [3.63, 3.8) is 0 Å². The van der Waals surface area contributed by atoms with Gasteiger partial charge in [-0.1, -0.05) is 0 Å². The lowest BCUT2D eigenvalue weighted by Gasteiger charge is -2.34. The molecule has 1 aromatic heterocycles. The Hall–Kier alpha value is -2.11. The highest BCUT2D eigenvalue weighted by atomic mass is 16.6. The molecule has 0 atom stereocenters. The quantitative estimate of drug-likeness (QED) is 0.841. The van der Waals surface area contributed by atoms with Gasteiger partial charge in [0.2, 0.25) is 5.91 Å². The average Bonchev–Trinajstić information content (AvgIpc) is 2.53. The van der Waals surface area contributed by atoms with Crippen molar-refractivity contribution < 1.29 is 14.3 Å². The molecule has 2 amide bonds. The average molecular weight is 319 g/mol. The summed E-state index contributed by atoms with van der Waals surface area (Å²) >= 11 is 0. The van der Waals surface area contributed by atoms with Gasteiger partial charge in [0.15, 0.2) is 0 Å². The smallest absolute Gasteiger partial charge is 0.410 e. The largest absolute Gasteiger partial charge is 0.444 e. The molecule has 1 saturated heterocycles. The number of piperidine rings is 1. The number of hydrogen-bond acceptors (Lipinski definition) is 4. The highest BCUT2D eigenvalue weighted by Crippen LogP contribution is 2.23. The predicted molar refractivity (Wildman–Crippen MR) is 88.2 cm³/mol. The molecule has 1 aromatic rings. The third-order valence-electron chi connectivity index (χ3n) is 3.86. The summed E-state index contributed by atoms with van der Waals surface area (Å²) in [6, 6.07) is 3.67. The normalized spacial score (nSPS) is 16.1. The Balaban J connectivity index is 1.89. The number of carbonyl (C=O) groups excluding carboxylic acids is 2. The van der Waals surface area contributed by atoms with E-state index in [4.69, 9.17) is 4.74 Å². The molecule has 0 radical (unpaired) electrons. The SMILES string of the molecule is CN(C(=O)C1CCN(C(=O)OC(C)(C)C)CC1)c1cccnc1. The maximum absolute atomic E-state index is 12.6. The number of aromatic nitrogens is 1. The molecule has 0 bridgehead atoms. The molecule has 0 spiro atoms. The first-order chi connectivity index (χ1) is 10.8. The van der Waals surface area contributed by atoms with Gasteiger partial charge in [-0.05, 0) is 45.7 Å². The van der Waals surface area contributed by atoms with E-state index < -0.39 is 5.60 Å². The number of pyridine rings is 1. The Bertz CT molecular complexity index is 546. The third-order valence-corrected chi connectivity index (χ3v) is 3.86. The maximum Gasteiger partial charge on any atom is 0.410 e. The summed E-state index contributed by atoms with van der Waals surface area (Å²) in [5.74, 6) is 0.000677. The van der Waals surface area contributed by atoms with Crippen molar-refractivity contribution in [2.45, 2.75) is 39.2 Å². The second-order valence-electron chi connectivity index (χ2n) is 6.85. The molecule has 6 nitrogen and oxygen atoms in total. The number of amides is 2. The van der Waals surface area contributed by atoms with E-state index in [2.05, 4.69) is 4.98 Å². The zero-order valence-electron chi connectivity index (χ0n) is 14.3. The minimum Gasteiger partial charge on any atom is -0.444 e. The van der Waals surface area contributed by atoms with E-state index in [0.29, 0.717) is 25.9 Å². The second-order valence-corrected chi connectivity index (χ2v) is 6.85. The first kappa shape index (κ1) is 17.2. The van der Waals surface area contributed by atoms with Crippen molar-refractivity contribution >= 4 is 17.7 Å². The number of anilines is 1. The zero-order chi connectivity index (χ0) is 17.0. The highest BCUT2D eigenvalue weighted by Gasteiger charge is 2.31. The fraction of sp³-hybridized carbons (Fsp3) is 0.588. The molecule has 1 aliphatic rings. The van der Waals surface area contributed by atoms with Crippen LogP contribution in [0.4, 0.5) is 10.5 Å². The Morgan fingerprint density at radius 3 is 2.48 bits per heavy atom. The van der Waals surface area contributed by atoms with E-state index in [0.717, 1.165) is 5.69 Å². The van der Waals surface area contributed by atoms with Crippen LogP contribution in [0.25, 0.3) is 0 Å². The molecule has 0 saturated carbocycles. The Kier molecular flexibility index (Phi) is 5.23. The van der Waals surface area contributed by atoms with Gasteiger partial charge in [-0.3, -0.25) is 9.78 Å². The molecule has 2 rings (SSSR count). The van der Waals surface area contributed by atoms with E-state index in [1.165, 1.54) is 0 Å². The lowest BCUT2D eigenvalue weighted by atomic mass is 9.95. The first-order valence-electron chi connectivity index (χ1n) is 7.93. The van der Waals surface area contributed by atoms with E-state index in [9.17, 15) is 9.59 Å². The molecule has 0 aliphatic carbocycles. The molecule has 23 heavy (non-hydrogen) atoms. The van der Waals surface area contributed by atoms with Crippen molar-refractivity contribution in [2.75, 3.05) is 25.0 Å². The summed E-state index contributed by atoms with van der Waals surface area (Å²) in [5, 5.41) is 0. The molecule has 0 unspecified atom stereocenters. The summed E-state index contributed by atoms with van der Waals surface area (Å²) < 4.78 is 5.37. The molecule has 6 heteroatoms. The van der Waals surface area contributed by atoms with Crippen LogP contribution in [0.3, 0.4) is 0 Å². The van der Waals surface area contributed by atoms with Gasteiger partial charge in [0.25, 0.3) is 0 Å². The number of hydrogen-bond donors (Lipinski definition) is 0. The summed E-state index contributed by atoms with van der Waals surface area (Å²) in [6.45, 7) is 6.65. The van der Waals surface area contributed by atoms with Crippen LogP contribution in [0.2, 0.25) is 0 Å². The standard InChI is InChI=1S/C17H25N3O3/c1-17(2,3)23-16(22)20-10-7-13(8-11-20)15(21)19(4)14-6-5-9-18-12-14/h5-6,9,12-13H,7-8,10-11H2,1-4H3. The first-order valence-corrected chi connectivity index (χ1v) is 7.93. The van der Waals surface area contributed by atoms with Gasteiger partial charge < -0.3 is 14.5 Å². The number of rotatable bonds is 2. The second kappa shape index (κ2) is 6.98. The van der Waals surface area contributed by atoms with E-state index >= 15 is 0 Å². The molecule has 126 valence electrons. The van der Waals surface area contributed by atoms with Gasteiger partial charge >= 0.3 is 6.09 Å². The monoisotopic (exact) mass is 319 g/mol. The molecule has 2 heterocycles. The van der Waals surface area contributed by atoms with Crippen molar-refractivity contribution in [1.29, 1.82) is 0 Å². The van der Waals surface area contributed by atoms with Crippen LogP contribution in [0, 0.1) is 5.92 Å². The Morgan fingerprint density at radius 2 is 1.96 bits per heavy atom. The fourth-order valence-corrected chi connectivity index (χ4v) is 2.59. The van der Waals surface area contributed by atoms with Crippen molar-refractivity contribution in [3.8, 4) is 0 Å². The maximum atomic E-state index is 12.6. The van der Waals surface area contributed by atoms with Crippen molar-refractivity contribution in [1.82, 2.24) is 9.88 Å². The fourth-order valence-electron chi connectivity index (χ4n) is 2.59. The highest BCUT2D eigenvalue weighted by molar-refractivity contribution is 5.94. The van der Waals surface area contributed by atoms with Crippen molar-refractivity contribution in [3.05, 3.63) is 24.5 Å². The van der Waals surface area contributed by atoms with E-state index in [-0.39, 0.29) is 17.9 Å². The Labute approximate surface area is 137 Å². The van der Waals surface area contributed by atoms with Crippen LogP contribution >= 0.6 is 0 Å². The van der Waals surface area contributed by atoms with Gasteiger partial charge in [-0.2, -0.15) is 0 Å². The summed E-state index contributed by atoms with van der Waals surface area (Å²) in [4.78, 5) is 32.0. The topological polar surface area (TPSA) is 62.7 Å². The summed E-state index contributed by atoms with van der Waals surface area (Å²) in [5.41, 5.74) is 0.289. The van der Waals surface area contributed by atoms with Gasteiger partial charge in [-0.25, -0.2) is 4.79 Å². The van der Waals surface area contributed by atoms with Crippen LogP contribution in [0.5, 0.6) is 0 Å². The molecule has 1 aliphatic heterocycles. The lowest BCUT2D eigenvalue weighted by Crippen LogP contribution is -2.45. The minimum atomic E-state index is -0.496. The minimum absolute atomic E-state index is 0.0705.